The molecule has 188 valence electrons. The van der Waals surface area contributed by atoms with E-state index >= 15 is 0 Å². The number of para-hydroxylation sites is 1. The topological polar surface area (TPSA) is 119 Å². The molecule has 4 rings (SSSR count). The number of carbonyl (C=O) groups excluding carboxylic acids is 3. The summed E-state index contributed by atoms with van der Waals surface area (Å²) in [4.78, 5) is 51.3. The Labute approximate surface area is 212 Å². The number of hydrogen-bond acceptors (Lipinski definition) is 8. The monoisotopic (exact) mass is 511 g/mol. The van der Waals surface area contributed by atoms with E-state index in [9.17, 15) is 24.5 Å². The summed E-state index contributed by atoms with van der Waals surface area (Å²) >= 11 is 0.788. The van der Waals surface area contributed by atoms with Gasteiger partial charge in [0.1, 0.15) is 13.2 Å². The Morgan fingerprint density at radius 1 is 1.11 bits per heavy atom. The molecular weight excluding hydrogens is 486 g/mol. The van der Waals surface area contributed by atoms with Crippen molar-refractivity contribution < 1.29 is 28.8 Å². The van der Waals surface area contributed by atoms with Crippen molar-refractivity contribution >= 4 is 40.6 Å². The number of nitrogens with zero attached hydrogens (tertiary/aromatic N) is 3. The van der Waals surface area contributed by atoms with E-state index in [2.05, 4.69) is 0 Å². The molecule has 0 bridgehead atoms. The molecule has 36 heavy (non-hydrogen) atoms. The average Bonchev–Trinajstić information content (AvgIpc) is 3.49. The molecule has 2 aliphatic rings. The highest BCUT2D eigenvalue weighted by Crippen LogP contribution is 2.35. The fraction of sp³-hybridized carbons (Fsp3) is 0.320. The molecular formula is C25H25N3O7S. The normalized spacial score (nSPS) is 16.6. The van der Waals surface area contributed by atoms with E-state index in [0.717, 1.165) is 29.5 Å². The van der Waals surface area contributed by atoms with Crippen LogP contribution in [0, 0.1) is 10.1 Å². The molecule has 0 aliphatic carbocycles. The van der Waals surface area contributed by atoms with Gasteiger partial charge in [0.25, 0.3) is 16.8 Å². The van der Waals surface area contributed by atoms with Crippen LogP contribution in [-0.2, 0) is 16.2 Å². The molecule has 2 saturated heterocycles. The molecule has 2 fully saturated rings. The predicted octanol–water partition coefficient (Wildman–Crippen LogP) is 4.23. The van der Waals surface area contributed by atoms with Gasteiger partial charge >= 0.3 is 0 Å². The molecule has 0 atom stereocenters. The van der Waals surface area contributed by atoms with Gasteiger partial charge < -0.3 is 14.4 Å². The van der Waals surface area contributed by atoms with E-state index in [-0.39, 0.29) is 29.7 Å². The van der Waals surface area contributed by atoms with E-state index in [1.807, 2.05) is 0 Å². The molecule has 2 heterocycles. The molecule has 0 aromatic heterocycles. The molecule has 11 heteroatoms. The minimum atomic E-state index is -0.507. The first-order valence-corrected chi connectivity index (χ1v) is 12.3. The number of carbonyl (C=O) groups is 3. The summed E-state index contributed by atoms with van der Waals surface area (Å²) in [6, 6.07) is 11.3. The molecule has 0 spiro atoms. The van der Waals surface area contributed by atoms with Crippen LogP contribution in [0.15, 0.2) is 47.4 Å². The Morgan fingerprint density at radius 3 is 2.58 bits per heavy atom. The van der Waals surface area contributed by atoms with Gasteiger partial charge in [-0.15, -0.1) is 0 Å². The van der Waals surface area contributed by atoms with Crippen molar-refractivity contribution in [1.29, 1.82) is 0 Å². The third-order valence-corrected chi connectivity index (χ3v) is 6.67. The van der Waals surface area contributed by atoms with E-state index < -0.39 is 16.1 Å². The van der Waals surface area contributed by atoms with Crippen molar-refractivity contribution in [3.8, 4) is 11.5 Å². The van der Waals surface area contributed by atoms with Gasteiger partial charge in [-0.25, -0.2) is 0 Å². The number of amides is 3. The molecule has 3 amide bonds. The van der Waals surface area contributed by atoms with Crippen LogP contribution in [0.4, 0.5) is 10.5 Å². The number of hydrogen-bond donors (Lipinski definition) is 0. The molecule has 0 unspecified atom stereocenters. The number of likely N-dealkylation sites (tertiary alicyclic amines) is 1. The lowest BCUT2D eigenvalue weighted by Crippen LogP contribution is -2.40. The van der Waals surface area contributed by atoms with Crippen LogP contribution >= 0.6 is 11.8 Å². The number of rotatable bonds is 9. The summed E-state index contributed by atoms with van der Waals surface area (Å²) in [7, 11) is 0. The molecule has 0 saturated carbocycles. The van der Waals surface area contributed by atoms with Crippen LogP contribution in [-0.4, -0.2) is 58.0 Å². The van der Waals surface area contributed by atoms with Gasteiger partial charge in [0.05, 0.1) is 22.0 Å². The second-order valence-corrected chi connectivity index (χ2v) is 9.16. The molecule has 2 aliphatic heterocycles. The summed E-state index contributed by atoms with van der Waals surface area (Å²) < 4.78 is 11.5. The van der Waals surface area contributed by atoms with Crippen molar-refractivity contribution in [3.05, 3.63) is 68.6 Å². The van der Waals surface area contributed by atoms with E-state index in [4.69, 9.17) is 9.47 Å². The van der Waals surface area contributed by atoms with Crippen LogP contribution in [0.1, 0.15) is 30.9 Å². The minimum absolute atomic E-state index is 0.0273. The zero-order valence-electron chi connectivity index (χ0n) is 19.7. The molecule has 10 nitrogen and oxygen atoms in total. The Hall–Kier alpha value is -3.86. The Balaban J connectivity index is 1.48. The fourth-order valence-electron chi connectivity index (χ4n) is 3.96. The van der Waals surface area contributed by atoms with Gasteiger partial charge in [-0.2, -0.15) is 0 Å². The van der Waals surface area contributed by atoms with E-state index in [1.54, 1.807) is 54.3 Å². The van der Waals surface area contributed by atoms with Crippen LogP contribution < -0.4 is 9.47 Å². The second-order valence-electron chi connectivity index (χ2n) is 8.17. The molecule has 0 radical (unpaired) electrons. The number of ether oxygens (including phenoxy) is 2. The summed E-state index contributed by atoms with van der Waals surface area (Å²) in [5.74, 6) is 0.0480. The average molecular weight is 512 g/mol. The molecule has 0 N–H and O–H groups in total. The fourth-order valence-corrected chi connectivity index (χ4v) is 4.80. The van der Waals surface area contributed by atoms with Crippen LogP contribution in [0.5, 0.6) is 11.5 Å². The predicted molar refractivity (Wildman–Crippen MR) is 134 cm³/mol. The second kappa shape index (κ2) is 11.3. The molecule has 2 aromatic carbocycles. The number of nitro benzene ring substituents is 1. The highest BCUT2D eigenvalue weighted by Gasteiger charge is 2.37. The Kier molecular flexibility index (Phi) is 7.89. The summed E-state index contributed by atoms with van der Waals surface area (Å²) in [6.07, 6.45) is 3.43. The van der Waals surface area contributed by atoms with Gasteiger partial charge in [-0.05, 0) is 61.4 Å². The Morgan fingerprint density at radius 2 is 1.86 bits per heavy atom. The quantitative estimate of drug-likeness (QED) is 0.279. The van der Waals surface area contributed by atoms with Gasteiger partial charge in [-0.3, -0.25) is 29.4 Å². The zero-order chi connectivity index (χ0) is 25.7. The van der Waals surface area contributed by atoms with Crippen LogP contribution in [0.25, 0.3) is 6.08 Å². The first-order valence-electron chi connectivity index (χ1n) is 11.5. The standard InChI is InChI=1S/C25H25N3O7S/c1-2-34-21-13-17(9-10-20(21)35-16-18-7-3-4-8-19(18)28(32)33)14-22-24(30)27(25(31)36-22)15-23(29)26-11-5-6-12-26/h3-4,7-10,13-14H,2,5-6,11-12,15-16H2,1H3/b22-14+. The minimum Gasteiger partial charge on any atom is -0.490 e. The number of benzene rings is 2. The van der Waals surface area contributed by atoms with Gasteiger partial charge in [-0.1, -0.05) is 18.2 Å². The summed E-state index contributed by atoms with van der Waals surface area (Å²) in [5, 5.41) is 10.8. The lowest BCUT2D eigenvalue weighted by molar-refractivity contribution is -0.385. The molecule has 2 aromatic rings. The summed E-state index contributed by atoms with van der Waals surface area (Å²) in [5.41, 5.74) is 0.991. The maximum atomic E-state index is 12.8. The summed E-state index contributed by atoms with van der Waals surface area (Å²) in [6.45, 7) is 3.17. The van der Waals surface area contributed by atoms with Crippen molar-refractivity contribution in [2.75, 3.05) is 26.2 Å². The maximum Gasteiger partial charge on any atom is 0.294 e. The zero-order valence-corrected chi connectivity index (χ0v) is 20.5. The maximum absolute atomic E-state index is 12.8. The van der Waals surface area contributed by atoms with Gasteiger partial charge in [0.2, 0.25) is 5.91 Å². The third kappa shape index (κ3) is 5.68. The van der Waals surface area contributed by atoms with E-state index in [1.165, 1.54) is 6.07 Å². The first kappa shape index (κ1) is 25.2. The van der Waals surface area contributed by atoms with Gasteiger partial charge in [0, 0.05) is 19.2 Å². The van der Waals surface area contributed by atoms with Crippen LogP contribution in [0.2, 0.25) is 0 Å². The van der Waals surface area contributed by atoms with Crippen molar-refractivity contribution in [3.63, 3.8) is 0 Å². The van der Waals surface area contributed by atoms with Crippen molar-refractivity contribution in [1.82, 2.24) is 9.80 Å². The van der Waals surface area contributed by atoms with Crippen molar-refractivity contribution in [2.24, 2.45) is 0 Å². The smallest absolute Gasteiger partial charge is 0.294 e. The van der Waals surface area contributed by atoms with Crippen molar-refractivity contribution in [2.45, 2.75) is 26.4 Å². The highest BCUT2D eigenvalue weighted by molar-refractivity contribution is 8.18. The number of imide groups is 1. The SMILES string of the molecule is CCOc1cc(/C=C2/SC(=O)N(CC(=O)N3CCCC3)C2=O)ccc1OCc1ccccc1[N+](=O)[O-]. The number of thioether (sulfide) groups is 1. The third-order valence-electron chi connectivity index (χ3n) is 5.76. The van der Waals surface area contributed by atoms with Gasteiger partial charge in [0.15, 0.2) is 11.5 Å². The highest BCUT2D eigenvalue weighted by atomic mass is 32.2. The number of nitro groups is 1. The Bertz CT molecular complexity index is 1220. The van der Waals surface area contributed by atoms with E-state index in [0.29, 0.717) is 42.3 Å². The lowest BCUT2D eigenvalue weighted by Gasteiger charge is -2.18. The van der Waals surface area contributed by atoms with Crippen LogP contribution in [0.3, 0.4) is 0 Å². The first-order chi connectivity index (χ1) is 17.4. The lowest BCUT2D eigenvalue weighted by atomic mass is 10.1. The largest absolute Gasteiger partial charge is 0.490 e.